The number of fused-ring (bicyclic) bond motifs is 4. The van der Waals surface area contributed by atoms with E-state index in [-0.39, 0.29) is 5.41 Å². The second-order valence-electron chi connectivity index (χ2n) is 11.8. The van der Waals surface area contributed by atoms with E-state index in [9.17, 15) is 0 Å². The molecule has 0 aromatic heterocycles. The Morgan fingerprint density at radius 1 is 0.850 bits per heavy atom. The van der Waals surface area contributed by atoms with Crippen LogP contribution in [0.2, 0.25) is 0 Å². The molecule has 0 N–H and O–H groups in total. The van der Waals surface area contributed by atoms with Crippen LogP contribution in [-0.2, 0) is 26.3 Å². The number of rotatable bonds is 2. The van der Waals surface area contributed by atoms with Crippen LogP contribution in [0.3, 0.4) is 0 Å². The van der Waals surface area contributed by atoms with Crippen molar-refractivity contribution in [1.29, 1.82) is 0 Å². The molecule has 6 rings (SSSR count). The van der Waals surface area contributed by atoms with Crippen LogP contribution in [0.25, 0.3) is 33.0 Å². The molecule has 5 aromatic carbocycles. The van der Waals surface area contributed by atoms with Crippen molar-refractivity contribution in [3.63, 3.8) is 0 Å². The SMILES string of the molecule is Cc1cc(C)cc(-c2c(C(C)(C)C)ccc3[cH-]c(C(C)C)cc23)c1.[Cl][Zr+2][Cl].[c-]1cccc2c1[Si]c1ccccc1-2. The smallest absolute Gasteiger partial charge is 0.0920 e. The summed E-state index contributed by atoms with van der Waals surface area (Å²) in [5, 5.41) is 5.58. The third kappa shape index (κ3) is 7.14. The molecular formula is C36H36Cl2SiZr. The van der Waals surface area contributed by atoms with Crippen molar-refractivity contribution in [2.75, 3.05) is 0 Å². The van der Waals surface area contributed by atoms with Gasteiger partial charge in [0.25, 0.3) is 0 Å². The molecule has 1 heterocycles. The normalized spacial score (nSPS) is 11.7. The number of halogens is 2. The van der Waals surface area contributed by atoms with Crippen molar-refractivity contribution in [3.05, 3.63) is 113 Å². The van der Waals surface area contributed by atoms with Crippen LogP contribution < -0.4 is 10.4 Å². The number of aryl methyl sites for hydroxylation is 2. The second kappa shape index (κ2) is 13.4. The second-order valence-corrected chi connectivity index (χ2v) is 16.8. The predicted octanol–water partition coefficient (Wildman–Crippen LogP) is 9.76. The minimum Gasteiger partial charge on any atom is -0.184 e. The summed E-state index contributed by atoms with van der Waals surface area (Å²) in [5.74, 6) is 0.558. The number of hydrogen-bond donors (Lipinski definition) is 0. The van der Waals surface area contributed by atoms with Gasteiger partial charge in [0.15, 0.2) is 0 Å². The molecule has 0 aliphatic carbocycles. The first-order valence-electron chi connectivity index (χ1n) is 13.7. The first-order valence-corrected chi connectivity index (χ1v) is 21.0. The molecule has 0 amide bonds. The van der Waals surface area contributed by atoms with Gasteiger partial charge in [0.1, 0.15) is 0 Å². The van der Waals surface area contributed by atoms with E-state index in [0.29, 0.717) is 5.92 Å². The monoisotopic (exact) mass is 656 g/mol. The van der Waals surface area contributed by atoms with Crippen molar-refractivity contribution in [3.8, 4) is 22.3 Å². The fourth-order valence-electron chi connectivity index (χ4n) is 5.42. The molecule has 0 fully saturated rings. The Morgan fingerprint density at radius 3 is 2.15 bits per heavy atom. The van der Waals surface area contributed by atoms with Gasteiger partial charge >= 0.3 is 37.9 Å². The molecule has 0 saturated heterocycles. The average molecular weight is 659 g/mol. The van der Waals surface area contributed by atoms with E-state index in [4.69, 9.17) is 17.0 Å². The van der Waals surface area contributed by atoms with Gasteiger partial charge in [-0.25, -0.2) is 0 Å². The van der Waals surface area contributed by atoms with E-state index in [2.05, 4.69) is 133 Å². The Morgan fingerprint density at radius 2 is 1.50 bits per heavy atom. The maximum atomic E-state index is 4.93. The zero-order valence-corrected chi connectivity index (χ0v) is 29.4. The standard InChI is InChI=1S/C24H29.C12H7Si.2ClH.Zr/c1-15(2)19-13-18-8-9-22(24(5,6)7)23(21(18)14-19)20-11-16(3)10-17(4)12-20;1-3-7-11-9(5-1)10-6-2-4-8-12(10)13-11;;;/h8-15H,1-7H3;1-7H;2*1H;/q2*-1;;;+4/p-2. The van der Waals surface area contributed by atoms with Crippen LogP contribution >= 0.6 is 17.0 Å². The van der Waals surface area contributed by atoms with Crippen LogP contribution in [0.1, 0.15) is 62.8 Å². The van der Waals surface area contributed by atoms with E-state index in [1.807, 2.05) is 6.07 Å². The van der Waals surface area contributed by atoms with E-state index in [0.717, 1.165) is 9.52 Å². The minimum absolute atomic E-state index is 0.121. The summed E-state index contributed by atoms with van der Waals surface area (Å²) >= 11 is -0.826. The molecule has 2 radical (unpaired) electrons. The third-order valence-corrected chi connectivity index (χ3v) is 8.60. The van der Waals surface area contributed by atoms with E-state index >= 15 is 0 Å². The summed E-state index contributed by atoms with van der Waals surface area (Å²) in [5.41, 5.74) is 11.2. The zero-order valence-electron chi connectivity index (χ0n) is 24.4. The topological polar surface area (TPSA) is 0 Å². The van der Waals surface area contributed by atoms with E-state index < -0.39 is 20.8 Å². The van der Waals surface area contributed by atoms with Crippen molar-refractivity contribution >= 4 is 47.7 Å². The molecule has 0 bridgehead atoms. The summed E-state index contributed by atoms with van der Waals surface area (Å²) in [7, 11) is 10.7. The number of benzene rings is 4. The fraction of sp³-hybridized carbons (Fsp3) is 0.250. The van der Waals surface area contributed by atoms with Crippen molar-refractivity contribution in [2.45, 2.75) is 59.8 Å². The van der Waals surface area contributed by atoms with E-state index in [1.54, 1.807) is 0 Å². The Kier molecular flexibility index (Phi) is 10.4. The van der Waals surface area contributed by atoms with Gasteiger partial charge in [0.05, 0.1) is 9.52 Å². The number of hydrogen-bond acceptors (Lipinski definition) is 0. The largest absolute Gasteiger partial charge is 0.184 e. The summed E-state index contributed by atoms with van der Waals surface area (Å²) in [6, 6.07) is 34.5. The third-order valence-electron chi connectivity index (χ3n) is 7.23. The van der Waals surface area contributed by atoms with Gasteiger partial charge in [0.2, 0.25) is 0 Å². The molecule has 0 spiro atoms. The first-order chi connectivity index (χ1) is 19.0. The van der Waals surface area contributed by atoms with Crippen molar-refractivity contribution in [2.24, 2.45) is 0 Å². The fourth-order valence-corrected chi connectivity index (χ4v) is 6.73. The Labute approximate surface area is 262 Å². The Hall–Kier alpha value is -1.83. The van der Waals surface area contributed by atoms with Gasteiger partial charge in [-0.05, 0) is 30.7 Å². The quantitative estimate of drug-likeness (QED) is 0.128. The molecule has 5 aromatic rings. The van der Waals surface area contributed by atoms with Gasteiger partial charge in [-0.2, -0.15) is 35.5 Å². The van der Waals surface area contributed by atoms with Crippen LogP contribution in [0.4, 0.5) is 0 Å². The minimum atomic E-state index is -0.826. The zero-order chi connectivity index (χ0) is 29.0. The molecule has 1 aliphatic heterocycles. The summed E-state index contributed by atoms with van der Waals surface area (Å²) < 4.78 is 0. The van der Waals surface area contributed by atoms with Gasteiger partial charge in [-0.3, -0.25) is 0 Å². The van der Waals surface area contributed by atoms with Gasteiger partial charge in [-0.15, -0.1) is 40.1 Å². The molecule has 0 nitrogen and oxygen atoms in total. The molecule has 0 unspecified atom stereocenters. The average Bonchev–Trinajstić information content (AvgIpc) is 3.50. The van der Waals surface area contributed by atoms with Crippen molar-refractivity contribution in [1.82, 2.24) is 0 Å². The van der Waals surface area contributed by atoms with Crippen LogP contribution in [-0.4, -0.2) is 9.52 Å². The van der Waals surface area contributed by atoms with Crippen molar-refractivity contribution < 1.29 is 20.8 Å². The van der Waals surface area contributed by atoms with Crippen LogP contribution in [0.15, 0.2) is 84.9 Å². The molecule has 202 valence electrons. The van der Waals surface area contributed by atoms with Gasteiger partial charge in [0, 0.05) is 0 Å². The molecule has 40 heavy (non-hydrogen) atoms. The Balaban J connectivity index is 0.000000192. The summed E-state index contributed by atoms with van der Waals surface area (Å²) in [6.07, 6.45) is 0. The maximum absolute atomic E-state index is 4.93. The summed E-state index contributed by atoms with van der Waals surface area (Å²) in [4.78, 5) is 0. The molecule has 0 atom stereocenters. The maximum Gasteiger partial charge on any atom is 0.0920 e. The van der Waals surface area contributed by atoms with Crippen LogP contribution in [0, 0.1) is 19.9 Å². The molecule has 4 heteroatoms. The summed E-state index contributed by atoms with van der Waals surface area (Å²) in [6.45, 7) is 15.9. The predicted molar refractivity (Wildman–Crippen MR) is 175 cm³/mol. The van der Waals surface area contributed by atoms with Gasteiger partial charge < -0.3 is 0 Å². The van der Waals surface area contributed by atoms with Gasteiger partial charge in [-0.1, -0.05) is 110 Å². The van der Waals surface area contributed by atoms with E-state index in [1.165, 1.54) is 65.7 Å². The Bertz CT molecular complexity index is 1540. The molecular weight excluding hydrogens is 623 g/mol. The van der Waals surface area contributed by atoms with Crippen LogP contribution in [0.5, 0.6) is 0 Å². The molecule has 0 saturated carbocycles. The first kappa shape index (κ1) is 31.1. The molecule has 1 aliphatic rings.